The molecule has 0 saturated carbocycles. The van der Waals surface area contributed by atoms with E-state index in [4.69, 9.17) is 18.9 Å². The van der Waals surface area contributed by atoms with Crippen LogP contribution in [0.1, 0.15) is 37.3 Å². The van der Waals surface area contributed by atoms with E-state index in [2.05, 4.69) is 6.92 Å². The lowest BCUT2D eigenvalue weighted by Gasteiger charge is -2.37. The first-order chi connectivity index (χ1) is 13.0. The molecule has 0 bridgehead atoms. The molecule has 152 valence electrons. The van der Waals surface area contributed by atoms with E-state index in [1.165, 1.54) is 12.1 Å². The molecular weight excluding hydrogens is 361 g/mol. The molecule has 27 heavy (non-hydrogen) atoms. The Labute approximate surface area is 157 Å². The third kappa shape index (κ3) is 5.91. The fourth-order valence-electron chi connectivity index (χ4n) is 3.43. The number of halogens is 3. The van der Waals surface area contributed by atoms with Crippen molar-refractivity contribution in [3.63, 3.8) is 0 Å². The van der Waals surface area contributed by atoms with Gasteiger partial charge < -0.3 is 18.9 Å². The maximum Gasteiger partial charge on any atom is 0.416 e. The number of aryl methyl sites for hydroxylation is 1. The minimum Gasteiger partial charge on any atom is -0.352 e. The average Bonchev–Trinajstić information content (AvgIpc) is 2.67. The fourth-order valence-corrected chi connectivity index (χ4v) is 3.43. The van der Waals surface area contributed by atoms with Gasteiger partial charge in [0.1, 0.15) is 0 Å². The second-order valence-corrected chi connectivity index (χ2v) is 7.28. The number of benzene rings is 1. The van der Waals surface area contributed by atoms with Gasteiger partial charge in [-0.25, -0.2) is 0 Å². The van der Waals surface area contributed by atoms with Gasteiger partial charge in [0.15, 0.2) is 12.6 Å². The summed E-state index contributed by atoms with van der Waals surface area (Å²) >= 11 is 0. The minimum atomic E-state index is -4.30. The Balaban J connectivity index is 1.37. The van der Waals surface area contributed by atoms with Gasteiger partial charge in [-0.15, -0.1) is 0 Å². The Bertz CT molecular complexity index is 560. The van der Waals surface area contributed by atoms with Gasteiger partial charge in [0, 0.05) is 12.3 Å². The second-order valence-electron chi connectivity index (χ2n) is 7.28. The normalized spacial score (nSPS) is 29.6. The first-order valence-corrected chi connectivity index (χ1v) is 9.58. The zero-order valence-corrected chi connectivity index (χ0v) is 15.5. The molecule has 1 aromatic rings. The van der Waals surface area contributed by atoms with Crippen LogP contribution in [-0.2, 0) is 31.5 Å². The van der Waals surface area contributed by atoms with Gasteiger partial charge in [-0.3, -0.25) is 0 Å². The summed E-state index contributed by atoms with van der Waals surface area (Å²) in [5, 5.41) is 0. The molecule has 2 heterocycles. The van der Waals surface area contributed by atoms with Crippen LogP contribution in [0.25, 0.3) is 0 Å². The molecule has 0 unspecified atom stereocenters. The molecule has 0 aromatic heterocycles. The summed E-state index contributed by atoms with van der Waals surface area (Å²) in [7, 11) is 0. The van der Waals surface area contributed by atoms with Gasteiger partial charge in [-0.2, -0.15) is 13.2 Å². The summed E-state index contributed by atoms with van der Waals surface area (Å²) in [5.74, 6) is 0.517. The van der Waals surface area contributed by atoms with Crippen LogP contribution in [0.15, 0.2) is 24.3 Å². The summed E-state index contributed by atoms with van der Waals surface area (Å²) in [6.07, 6.45) is -1.50. The average molecular weight is 388 g/mol. The lowest BCUT2D eigenvalue weighted by atomic mass is 10.0. The maximum atomic E-state index is 12.6. The Morgan fingerprint density at radius 3 is 2.07 bits per heavy atom. The molecule has 0 amide bonds. The van der Waals surface area contributed by atoms with Gasteiger partial charge in [0.05, 0.1) is 37.9 Å². The van der Waals surface area contributed by atoms with Crippen LogP contribution in [-0.4, -0.2) is 39.0 Å². The highest BCUT2D eigenvalue weighted by atomic mass is 19.4. The van der Waals surface area contributed by atoms with Crippen molar-refractivity contribution < 1.29 is 32.1 Å². The third-order valence-electron chi connectivity index (χ3n) is 5.02. The van der Waals surface area contributed by atoms with Crippen molar-refractivity contribution in [1.82, 2.24) is 0 Å². The monoisotopic (exact) mass is 388 g/mol. The molecule has 0 aliphatic carbocycles. The van der Waals surface area contributed by atoms with Gasteiger partial charge in [0.2, 0.25) is 0 Å². The highest BCUT2D eigenvalue weighted by molar-refractivity contribution is 5.24. The topological polar surface area (TPSA) is 36.9 Å². The lowest BCUT2D eigenvalue weighted by Crippen LogP contribution is -2.44. The fraction of sp³-hybridized carbons (Fsp3) is 0.700. The van der Waals surface area contributed by atoms with Crippen LogP contribution in [0, 0.1) is 11.8 Å². The Morgan fingerprint density at radius 1 is 0.889 bits per heavy atom. The molecule has 0 atom stereocenters. The highest BCUT2D eigenvalue weighted by Gasteiger charge is 2.33. The van der Waals surface area contributed by atoms with Gasteiger partial charge >= 0.3 is 6.18 Å². The lowest BCUT2D eigenvalue weighted by molar-refractivity contribution is -0.281. The summed E-state index contributed by atoms with van der Waals surface area (Å²) < 4.78 is 60.9. The molecule has 0 N–H and O–H groups in total. The van der Waals surface area contributed by atoms with Crippen molar-refractivity contribution in [2.45, 2.75) is 51.4 Å². The standard InChI is InChI=1S/C20H27F3O4/c1-2-3-15-10-26-19(27-11-15)16-12-24-18(25-13-16)9-6-14-4-7-17(8-5-14)20(21,22)23/h4-5,7-8,15-16,18-19H,2-3,6,9-13H2,1H3/t15-,16-,18-,19-. The first kappa shape index (κ1) is 20.6. The van der Waals surface area contributed by atoms with Crippen LogP contribution in [0.4, 0.5) is 13.2 Å². The second kappa shape index (κ2) is 9.37. The summed E-state index contributed by atoms with van der Waals surface area (Å²) in [6.45, 7) is 4.58. The van der Waals surface area contributed by atoms with Crippen molar-refractivity contribution in [1.29, 1.82) is 0 Å². The molecule has 0 spiro atoms. The molecule has 0 radical (unpaired) electrons. The van der Waals surface area contributed by atoms with Crippen LogP contribution in [0.2, 0.25) is 0 Å². The van der Waals surface area contributed by atoms with Gasteiger partial charge in [-0.1, -0.05) is 25.5 Å². The van der Waals surface area contributed by atoms with E-state index in [0.717, 1.165) is 30.5 Å². The van der Waals surface area contributed by atoms with Gasteiger partial charge in [0.25, 0.3) is 0 Å². The third-order valence-corrected chi connectivity index (χ3v) is 5.02. The first-order valence-electron chi connectivity index (χ1n) is 9.58. The predicted molar refractivity (Wildman–Crippen MR) is 93.0 cm³/mol. The Hall–Kier alpha value is -1.15. The highest BCUT2D eigenvalue weighted by Crippen LogP contribution is 2.29. The van der Waals surface area contributed by atoms with Crippen molar-refractivity contribution in [3.8, 4) is 0 Å². The van der Waals surface area contributed by atoms with E-state index < -0.39 is 11.7 Å². The molecule has 1 aromatic carbocycles. The zero-order chi connectivity index (χ0) is 19.3. The molecule has 2 fully saturated rings. The van der Waals surface area contributed by atoms with E-state index in [1.54, 1.807) is 0 Å². The predicted octanol–water partition coefficient (Wildman–Crippen LogP) is 4.42. The smallest absolute Gasteiger partial charge is 0.352 e. The van der Waals surface area contributed by atoms with E-state index >= 15 is 0 Å². The molecule has 2 aliphatic heterocycles. The number of hydrogen-bond donors (Lipinski definition) is 0. The Kier molecular flexibility index (Phi) is 7.14. The number of alkyl halides is 3. The number of hydrogen-bond acceptors (Lipinski definition) is 4. The summed E-state index contributed by atoms with van der Waals surface area (Å²) in [4.78, 5) is 0. The molecule has 7 heteroatoms. The SMILES string of the molecule is CCC[C@H]1CO[C@H]([C@H]2CO[C@H](CCc3ccc(C(F)(F)F)cc3)OC2)OC1. The number of rotatable bonds is 6. The van der Waals surface area contributed by atoms with E-state index in [-0.39, 0.29) is 18.5 Å². The van der Waals surface area contributed by atoms with Gasteiger partial charge in [-0.05, 0) is 30.5 Å². The van der Waals surface area contributed by atoms with E-state index in [1.807, 2.05) is 0 Å². The van der Waals surface area contributed by atoms with Crippen LogP contribution in [0.5, 0.6) is 0 Å². The van der Waals surface area contributed by atoms with Crippen LogP contribution in [0.3, 0.4) is 0 Å². The Morgan fingerprint density at radius 2 is 1.52 bits per heavy atom. The summed E-state index contributed by atoms with van der Waals surface area (Å²) in [6, 6.07) is 5.23. The van der Waals surface area contributed by atoms with E-state index in [0.29, 0.717) is 45.2 Å². The number of ether oxygens (including phenoxy) is 4. The van der Waals surface area contributed by atoms with Crippen LogP contribution >= 0.6 is 0 Å². The van der Waals surface area contributed by atoms with Crippen molar-refractivity contribution in [2.24, 2.45) is 11.8 Å². The van der Waals surface area contributed by atoms with Crippen molar-refractivity contribution in [2.75, 3.05) is 26.4 Å². The summed E-state index contributed by atoms with van der Waals surface area (Å²) in [5.41, 5.74) is 0.200. The van der Waals surface area contributed by atoms with Crippen molar-refractivity contribution >= 4 is 0 Å². The molecule has 2 aliphatic rings. The van der Waals surface area contributed by atoms with Crippen LogP contribution < -0.4 is 0 Å². The largest absolute Gasteiger partial charge is 0.416 e. The maximum absolute atomic E-state index is 12.6. The zero-order valence-electron chi connectivity index (χ0n) is 15.5. The quantitative estimate of drug-likeness (QED) is 0.723. The van der Waals surface area contributed by atoms with Crippen molar-refractivity contribution in [3.05, 3.63) is 35.4 Å². The molecule has 3 rings (SSSR count). The molecule has 4 nitrogen and oxygen atoms in total. The minimum absolute atomic E-state index is 0.0508. The van der Waals surface area contributed by atoms with E-state index in [9.17, 15) is 13.2 Å². The molecular formula is C20H27F3O4. The molecule has 2 saturated heterocycles.